The molecule has 0 radical (unpaired) electrons. The van der Waals surface area contributed by atoms with Gasteiger partial charge in [-0.1, -0.05) is 6.92 Å². The maximum absolute atomic E-state index is 12.0. The minimum absolute atomic E-state index is 0.0509. The summed E-state index contributed by atoms with van der Waals surface area (Å²) in [5.74, 6) is -0.954. The molecule has 8 N–H and O–H groups in total. The van der Waals surface area contributed by atoms with Crippen molar-refractivity contribution in [2.45, 2.75) is 37.9 Å². The zero-order chi connectivity index (χ0) is 23.8. The summed E-state index contributed by atoms with van der Waals surface area (Å²) in [6, 6.07) is 0. The number of nitrogen functional groups attached to an aromatic ring is 1. The molecule has 0 bridgehead atoms. The van der Waals surface area contributed by atoms with E-state index in [4.69, 9.17) is 25.0 Å². The molecule has 19 heteroatoms. The van der Waals surface area contributed by atoms with Crippen LogP contribution in [0.25, 0.3) is 11.2 Å². The molecule has 2 aromatic heterocycles. The predicted molar refractivity (Wildman–Crippen MR) is 104 cm³/mol. The van der Waals surface area contributed by atoms with Crippen LogP contribution in [0.2, 0.25) is 0 Å². The number of hydrogen-bond donors (Lipinski definition) is 7. The van der Waals surface area contributed by atoms with Crippen LogP contribution in [-0.4, -0.2) is 70.2 Å². The molecular weight excluding hydrogens is 478 g/mol. The number of nitrogens with zero attached hydrogens (tertiary/aromatic N) is 3. The second kappa shape index (κ2) is 8.97. The number of carbonyl (C=O) groups is 1. The number of carbonyl (C=O) groups excluding carboxylic acids is 1. The first kappa shape index (κ1) is 24.4. The van der Waals surface area contributed by atoms with Crippen LogP contribution >= 0.6 is 15.5 Å². The van der Waals surface area contributed by atoms with Gasteiger partial charge in [0.25, 0.3) is 5.56 Å². The third-order valence-corrected chi connectivity index (χ3v) is 6.82. The van der Waals surface area contributed by atoms with Gasteiger partial charge in [-0.3, -0.25) is 23.7 Å². The normalized spacial score (nSPS) is 25.7. The molecule has 2 aromatic rings. The number of hydrogen-bond acceptors (Lipinski definition) is 11. The number of H-pyrrole nitrogens is 1. The summed E-state index contributed by atoms with van der Waals surface area (Å²) in [7, 11) is -10.1. The molecule has 0 amide bonds. The summed E-state index contributed by atoms with van der Waals surface area (Å²) in [6.07, 6.45) is -4.62. The number of aromatic amines is 1. The molecule has 3 rings (SSSR count). The summed E-state index contributed by atoms with van der Waals surface area (Å²) < 4.78 is 39.3. The molecule has 32 heavy (non-hydrogen) atoms. The number of rotatable bonds is 8. The number of nitrogens with two attached hydrogens (primary N) is 1. The number of ether oxygens (including phenoxy) is 2. The van der Waals surface area contributed by atoms with Gasteiger partial charge in [0.05, 0.1) is 12.9 Å². The topological polar surface area (TPSA) is 261 Å². The minimum atomic E-state index is -5.11. The van der Waals surface area contributed by atoms with E-state index in [1.807, 2.05) is 0 Å². The van der Waals surface area contributed by atoms with E-state index >= 15 is 0 Å². The van der Waals surface area contributed by atoms with Crippen molar-refractivity contribution in [3.8, 4) is 0 Å². The van der Waals surface area contributed by atoms with Gasteiger partial charge < -0.3 is 35.0 Å². The Bertz CT molecular complexity index is 1160. The molecule has 17 nitrogen and oxygen atoms in total. The Balaban J connectivity index is 1.90. The van der Waals surface area contributed by atoms with Gasteiger partial charge in [0.2, 0.25) is 5.95 Å². The number of nitrogens with one attached hydrogen (secondary N) is 2. The van der Waals surface area contributed by atoms with Crippen LogP contribution < -0.4 is 16.2 Å². The fourth-order valence-electron chi connectivity index (χ4n) is 2.94. The molecule has 5 atom stereocenters. The first-order valence-electron chi connectivity index (χ1n) is 8.89. The smallest absolute Gasteiger partial charge is 0.412 e. The van der Waals surface area contributed by atoms with E-state index < -0.39 is 58.2 Å². The highest BCUT2D eigenvalue weighted by atomic mass is 31.3. The van der Waals surface area contributed by atoms with Crippen LogP contribution in [0.4, 0.5) is 5.95 Å². The van der Waals surface area contributed by atoms with Crippen LogP contribution in [0.5, 0.6) is 0 Å². The van der Waals surface area contributed by atoms with E-state index in [0.29, 0.717) is 0 Å². The molecule has 1 aliphatic rings. The summed E-state index contributed by atoms with van der Waals surface area (Å²) in [4.78, 5) is 62.2. The molecule has 1 saturated heterocycles. The largest absolute Gasteiger partial charge is 0.455 e. The highest BCUT2D eigenvalue weighted by Crippen LogP contribution is 2.49. The lowest BCUT2D eigenvalue weighted by Crippen LogP contribution is -2.37. The van der Waals surface area contributed by atoms with E-state index in [-0.39, 0.29) is 23.5 Å². The first-order chi connectivity index (χ1) is 14.8. The molecule has 3 heterocycles. The molecule has 0 saturated carbocycles. The zero-order valence-electron chi connectivity index (χ0n) is 16.3. The summed E-state index contributed by atoms with van der Waals surface area (Å²) in [5.41, 5.74) is 4.72. The Hall–Kier alpha value is -2.20. The quantitative estimate of drug-likeness (QED) is 0.154. The summed E-state index contributed by atoms with van der Waals surface area (Å²) in [6.45, 7) is 0.672. The average molecular weight is 498 g/mol. The molecular formula is C13H20N6O11P2. The molecule has 0 spiro atoms. The van der Waals surface area contributed by atoms with E-state index in [1.165, 1.54) is 11.5 Å². The van der Waals surface area contributed by atoms with Gasteiger partial charge in [0.1, 0.15) is 12.2 Å². The SMILES string of the molecule is CCC(=O)O[C@@H]1[C@H](O)[C@@H](COP(=O)(O)NP(=O)(O)O)O[C@H]1n1cnc2c(=O)[nH]c(N)nc21. The van der Waals surface area contributed by atoms with Crippen molar-refractivity contribution in [2.24, 2.45) is 0 Å². The molecule has 1 aliphatic heterocycles. The van der Waals surface area contributed by atoms with Gasteiger partial charge in [-0.15, -0.1) is 4.86 Å². The Labute approximate surface area is 178 Å². The molecule has 1 fully saturated rings. The predicted octanol–water partition coefficient (Wildman–Crippen LogP) is -1.92. The van der Waals surface area contributed by atoms with Crippen molar-refractivity contribution < 1.29 is 47.7 Å². The maximum Gasteiger partial charge on any atom is 0.412 e. The number of anilines is 1. The average Bonchev–Trinajstić information content (AvgIpc) is 3.20. The third-order valence-electron chi connectivity index (χ3n) is 4.26. The second-order valence-electron chi connectivity index (χ2n) is 6.60. The van der Waals surface area contributed by atoms with Crippen molar-refractivity contribution >= 4 is 38.6 Å². The van der Waals surface area contributed by atoms with Crippen molar-refractivity contribution in [2.75, 3.05) is 12.3 Å². The van der Waals surface area contributed by atoms with E-state index in [1.54, 1.807) is 0 Å². The highest BCUT2D eigenvalue weighted by Gasteiger charge is 2.48. The summed E-state index contributed by atoms with van der Waals surface area (Å²) in [5, 5.41) is 10.6. The highest BCUT2D eigenvalue weighted by molar-refractivity contribution is 7.66. The van der Waals surface area contributed by atoms with Gasteiger partial charge in [-0.25, -0.2) is 14.1 Å². The standard InChI is InChI=1S/C13H20N6O11P2/c1-2-6(20)30-9-8(21)5(3-28-32(26,27)18-31(23,24)25)29-12(9)19-4-15-7-10(19)16-13(14)17-11(7)22/h4-5,8-9,12,21H,2-3H2,1H3,(H3,14,16,17,22)(H4,18,23,24,25,26,27)/t5-,8-,9-,12-/m1/s1. The fourth-order valence-corrected chi connectivity index (χ4v) is 4.84. The monoisotopic (exact) mass is 498 g/mol. The zero-order valence-corrected chi connectivity index (χ0v) is 18.0. The lowest BCUT2D eigenvalue weighted by atomic mass is 10.1. The van der Waals surface area contributed by atoms with Gasteiger partial charge in [0.15, 0.2) is 23.5 Å². The van der Waals surface area contributed by atoms with E-state index in [2.05, 4.69) is 19.5 Å². The van der Waals surface area contributed by atoms with Crippen LogP contribution in [0.1, 0.15) is 19.6 Å². The molecule has 178 valence electrons. The lowest BCUT2D eigenvalue weighted by Gasteiger charge is -2.21. The van der Waals surface area contributed by atoms with Gasteiger partial charge >= 0.3 is 21.5 Å². The van der Waals surface area contributed by atoms with Crippen LogP contribution in [0, 0.1) is 0 Å². The van der Waals surface area contributed by atoms with Crippen molar-refractivity contribution in [1.82, 2.24) is 24.4 Å². The van der Waals surface area contributed by atoms with Gasteiger partial charge in [0, 0.05) is 6.42 Å². The third kappa shape index (κ3) is 5.40. The molecule has 0 aliphatic carbocycles. The number of esters is 1. The fraction of sp³-hybridized carbons (Fsp3) is 0.538. The van der Waals surface area contributed by atoms with Crippen LogP contribution in [-0.2, 0) is 27.9 Å². The lowest BCUT2D eigenvalue weighted by molar-refractivity contribution is -0.158. The Morgan fingerprint density at radius 2 is 2.09 bits per heavy atom. The maximum atomic E-state index is 12.0. The van der Waals surface area contributed by atoms with Crippen LogP contribution in [0.3, 0.4) is 0 Å². The van der Waals surface area contributed by atoms with Gasteiger partial charge in [-0.2, -0.15) is 4.98 Å². The number of imidazole rings is 1. The van der Waals surface area contributed by atoms with Crippen molar-refractivity contribution in [3.05, 3.63) is 16.7 Å². The number of aromatic nitrogens is 4. The van der Waals surface area contributed by atoms with Crippen molar-refractivity contribution in [1.29, 1.82) is 0 Å². The van der Waals surface area contributed by atoms with E-state index in [9.17, 15) is 28.7 Å². The number of fused-ring (bicyclic) bond motifs is 1. The van der Waals surface area contributed by atoms with Crippen LogP contribution in [0.15, 0.2) is 11.1 Å². The number of aliphatic hydroxyl groups excluding tert-OH is 1. The van der Waals surface area contributed by atoms with Gasteiger partial charge in [-0.05, 0) is 0 Å². The Morgan fingerprint density at radius 3 is 2.72 bits per heavy atom. The first-order valence-corrected chi connectivity index (χ1v) is 12.1. The van der Waals surface area contributed by atoms with E-state index in [0.717, 1.165) is 11.2 Å². The molecule has 0 aromatic carbocycles. The Kier molecular flexibility index (Phi) is 6.86. The second-order valence-corrected chi connectivity index (χ2v) is 9.79. The van der Waals surface area contributed by atoms with Crippen molar-refractivity contribution in [3.63, 3.8) is 0 Å². The molecule has 1 unspecified atom stereocenters. The Morgan fingerprint density at radius 1 is 1.41 bits per heavy atom. The minimum Gasteiger partial charge on any atom is -0.455 e. The summed E-state index contributed by atoms with van der Waals surface area (Å²) >= 11 is 0. The number of aliphatic hydroxyl groups is 1.